The van der Waals surface area contributed by atoms with Crippen molar-refractivity contribution in [2.45, 2.75) is 43.8 Å². The predicted molar refractivity (Wildman–Crippen MR) is 98.7 cm³/mol. The molecule has 1 aliphatic carbocycles. The van der Waals surface area contributed by atoms with Gasteiger partial charge in [-0.1, -0.05) is 0 Å². The van der Waals surface area contributed by atoms with Gasteiger partial charge in [0.2, 0.25) is 0 Å². The van der Waals surface area contributed by atoms with Crippen molar-refractivity contribution in [3.8, 4) is 5.88 Å². The fourth-order valence-electron chi connectivity index (χ4n) is 3.70. The van der Waals surface area contributed by atoms with Gasteiger partial charge < -0.3 is 14.6 Å². The summed E-state index contributed by atoms with van der Waals surface area (Å²) in [6.07, 6.45) is 2.01. The van der Waals surface area contributed by atoms with Crippen molar-refractivity contribution in [3.63, 3.8) is 0 Å². The van der Waals surface area contributed by atoms with Gasteiger partial charge in [0.1, 0.15) is 12.2 Å². The molecule has 3 atom stereocenters. The Balaban J connectivity index is 0.000000339. The number of morpholine rings is 1. The van der Waals surface area contributed by atoms with Crippen LogP contribution in [0, 0.1) is 5.82 Å². The molecule has 1 aliphatic heterocycles. The molecule has 0 aromatic carbocycles. The highest BCUT2D eigenvalue weighted by molar-refractivity contribution is 5.73. The molecule has 170 valence electrons. The second-order valence-corrected chi connectivity index (χ2v) is 7.22. The van der Waals surface area contributed by atoms with Gasteiger partial charge in [-0.2, -0.15) is 18.3 Å². The van der Waals surface area contributed by atoms with E-state index in [1.165, 1.54) is 11.6 Å². The maximum absolute atomic E-state index is 13.8. The van der Waals surface area contributed by atoms with Crippen molar-refractivity contribution >= 4 is 5.97 Å². The summed E-state index contributed by atoms with van der Waals surface area (Å²) in [4.78, 5) is 15.3. The molecule has 12 heteroatoms. The number of ether oxygens (including phenoxy) is 2. The van der Waals surface area contributed by atoms with Gasteiger partial charge in [-0.3, -0.25) is 9.58 Å². The highest BCUT2D eigenvalue weighted by atomic mass is 19.4. The molecule has 2 aromatic rings. The molecule has 2 aliphatic rings. The monoisotopic (exact) mass is 446 g/mol. The highest BCUT2D eigenvalue weighted by Crippen LogP contribution is 2.33. The molecule has 0 amide bonds. The Hall–Kier alpha value is -2.73. The van der Waals surface area contributed by atoms with E-state index in [1.807, 2.05) is 24.1 Å². The van der Waals surface area contributed by atoms with E-state index < -0.39 is 18.0 Å². The largest absolute Gasteiger partial charge is 0.490 e. The average molecular weight is 446 g/mol. The fraction of sp³-hybridized carbons (Fsp3) is 0.526. The minimum absolute atomic E-state index is 0.0446. The maximum Gasteiger partial charge on any atom is 0.490 e. The lowest BCUT2D eigenvalue weighted by Gasteiger charge is -2.38. The molecule has 4 rings (SSSR count). The van der Waals surface area contributed by atoms with Crippen LogP contribution >= 0.6 is 0 Å². The van der Waals surface area contributed by atoms with E-state index in [4.69, 9.17) is 19.4 Å². The third kappa shape index (κ3) is 5.91. The molecular weight excluding hydrogens is 424 g/mol. The zero-order chi connectivity index (χ0) is 22.6. The van der Waals surface area contributed by atoms with Crippen LogP contribution in [0.2, 0.25) is 0 Å². The van der Waals surface area contributed by atoms with E-state index in [2.05, 4.69) is 15.0 Å². The molecule has 31 heavy (non-hydrogen) atoms. The Bertz CT molecular complexity index is 892. The summed E-state index contributed by atoms with van der Waals surface area (Å²) in [5.74, 6) is -3.12. The minimum atomic E-state index is -5.08. The number of aliphatic carboxylic acids is 1. The Morgan fingerprint density at radius 3 is 2.74 bits per heavy atom. The lowest BCUT2D eigenvalue weighted by Crippen LogP contribution is -2.51. The van der Waals surface area contributed by atoms with Crippen molar-refractivity contribution in [1.29, 1.82) is 0 Å². The van der Waals surface area contributed by atoms with E-state index in [1.54, 1.807) is 12.3 Å². The van der Waals surface area contributed by atoms with E-state index in [-0.39, 0.29) is 24.1 Å². The molecule has 1 saturated heterocycles. The van der Waals surface area contributed by atoms with Crippen LogP contribution < -0.4 is 4.74 Å². The summed E-state index contributed by atoms with van der Waals surface area (Å²) in [6.45, 7) is 2.40. The summed E-state index contributed by atoms with van der Waals surface area (Å²) < 4.78 is 59.1. The van der Waals surface area contributed by atoms with Crippen molar-refractivity contribution in [3.05, 3.63) is 42.1 Å². The fourth-order valence-corrected chi connectivity index (χ4v) is 3.70. The van der Waals surface area contributed by atoms with Crippen LogP contribution in [0.3, 0.4) is 0 Å². The van der Waals surface area contributed by atoms with Gasteiger partial charge in [-0.25, -0.2) is 14.2 Å². The molecule has 2 aromatic heterocycles. The van der Waals surface area contributed by atoms with Crippen molar-refractivity contribution in [2.24, 2.45) is 7.05 Å². The predicted octanol–water partition coefficient (Wildman–Crippen LogP) is 2.40. The van der Waals surface area contributed by atoms with Crippen LogP contribution in [0.25, 0.3) is 0 Å². The summed E-state index contributed by atoms with van der Waals surface area (Å²) in [6, 6.07) is 3.22. The number of aromatic nitrogens is 3. The van der Waals surface area contributed by atoms with E-state index in [0.717, 1.165) is 25.9 Å². The number of alkyl halides is 3. The summed E-state index contributed by atoms with van der Waals surface area (Å²) in [5.41, 5.74) is 1.19. The molecule has 2 fully saturated rings. The molecule has 1 N–H and O–H groups in total. The number of carboxylic acid groups (broad SMARTS) is 1. The molecule has 0 spiro atoms. The Labute approximate surface area is 175 Å². The van der Waals surface area contributed by atoms with Crippen LogP contribution in [0.5, 0.6) is 5.88 Å². The van der Waals surface area contributed by atoms with Gasteiger partial charge in [0.05, 0.1) is 12.8 Å². The molecule has 8 nitrogen and oxygen atoms in total. The summed E-state index contributed by atoms with van der Waals surface area (Å²) in [7, 11) is 1.92. The second-order valence-electron chi connectivity index (χ2n) is 7.22. The van der Waals surface area contributed by atoms with Gasteiger partial charge in [-0.05, 0) is 25.0 Å². The number of fused-ring (bicyclic) bond motifs is 1. The van der Waals surface area contributed by atoms with Crippen LogP contribution in [0.15, 0.2) is 30.7 Å². The number of aryl methyl sites for hydroxylation is 1. The van der Waals surface area contributed by atoms with Crippen molar-refractivity contribution in [1.82, 2.24) is 19.7 Å². The first-order valence-electron chi connectivity index (χ1n) is 9.55. The number of halogens is 4. The minimum Gasteiger partial charge on any atom is -0.475 e. The number of carbonyl (C=O) groups is 1. The topological polar surface area (TPSA) is 89.7 Å². The van der Waals surface area contributed by atoms with Gasteiger partial charge in [0.15, 0.2) is 5.82 Å². The highest BCUT2D eigenvalue weighted by Gasteiger charge is 2.44. The maximum atomic E-state index is 13.8. The zero-order valence-corrected chi connectivity index (χ0v) is 16.6. The van der Waals surface area contributed by atoms with Crippen LogP contribution in [0.1, 0.15) is 18.4 Å². The lowest BCUT2D eigenvalue weighted by atomic mass is 10.1. The Morgan fingerprint density at radius 1 is 1.39 bits per heavy atom. The normalized spacial score (nSPS) is 23.6. The summed E-state index contributed by atoms with van der Waals surface area (Å²) in [5, 5.41) is 11.4. The molecule has 0 bridgehead atoms. The molecular formula is C19H22F4N4O4. The standard InChI is InChI=1S/C17H21FN4O2.C2HF3O2/c1-21-10-12(9-20-21)11-22-7-8-23-16-14(22)4-5-15(16)24-17-13(18)3-2-6-19-17;3-2(4,5)1(6)7/h2-3,6,9-10,14-16H,4-5,7-8,11H2,1H3;(H,6,7)/t14-,15-,16+;/m0./s1. The van der Waals surface area contributed by atoms with Crippen LogP contribution in [-0.2, 0) is 23.1 Å². The first kappa shape index (κ1) is 22.9. The average Bonchev–Trinajstić information content (AvgIpc) is 3.30. The number of hydrogen-bond acceptors (Lipinski definition) is 6. The number of rotatable bonds is 4. The molecule has 0 unspecified atom stereocenters. The first-order chi connectivity index (χ1) is 14.6. The number of pyridine rings is 1. The third-order valence-electron chi connectivity index (χ3n) is 5.02. The summed E-state index contributed by atoms with van der Waals surface area (Å²) >= 11 is 0. The van der Waals surface area contributed by atoms with Gasteiger partial charge in [0.25, 0.3) is 5.88 Å². The van der Waals surface area contributed by atoms with Crippen LogP contribution in [-0.4, -0.2) is 68.3 Å². The number of nitrogens with zero attached hydrogens (tertiary/aromatic N) is 4. The molecule has 3 heterocycles. The quantitative estimate of drug-likeness (QED) is 0.722. The molecule has 1 saturated carbocycles. The van der Waals surface area contributed by atoms with Crippen molar-refractivity contribution < 1.29 is 36.9 Å². The number of hydrogen-bond donors (Lipinski definition) is 1. The van der Waals surface area contributed by atoms with Crippen molar-refractivity contribution in [2.75, 3.05) is 13.2 Å². The van der Waals surface area contributed by atoms with Gasteiger partial charge in [0, 0.05) is 44.1 Å². The Kier molecular flexibility index (Phi) is 7.11. The van der Waals surface area contributed by atoms with E-state index in [0.29, 0.717) is 6.61 Å². The zero-order valence-electron chi connectivity index (χ0n) is 16.6. The second kappa shape index (κ2) is 9.60. The third-order valence-corrected chi connectivity index (χ3v) is 5.02. The smallest absolute Gasteiger partial charge is 0.475 e. The Morgan fingerprint density at radius 2 is 2.13 bits per heavy atom. The van der Waals surface area contributed by atoms with Crippen LogP contribution in [0.4, 0.5) is 17.6 Å². The van der Waals surface area contributed by atoms with Gasteiger partial charge >= 0.3 is 12.1 Å². The van der Waals surface area contributed by atoms with Gasteiger partial charge in [-0.15, -0.1) is 0 Å². The first-order valence-corrected chi connectivity index (χ1v) is 9.55. The number of carboxylic acids is 1. The molecule has 0 radical (unpaired) electrons. The lowest BCUT2D eigenvalue weighted by molar-refractivity contribution is -0.192. The van der Waals surface area contributed by atoms with E-state index >= 15 is 0 Å². The SMILES string of the molecule is Cn1cc(CN2CCO[C@H]3[C@@H](Oc4ncccc4F)CC[C@@H]32)cn1.O=C(O)C(F)(F)F. The van der Waals surface area contributed by atoms with E-state index in [9.17, 15) is 17.6 Å².